The third-order valence-corrected chi connectivity index (χ3v) is 1.76. The summed E-state index contributed by atoms with van der Waals surface area (Å²) in [5.74, 6) is -0.0615. The Morgan fingerprint density at radius 2 is 1.86 bits per heavy atom. The summed E-state index contributed by atoms with van der Waals surface area (Å²) < 4.78 is 0. The van der Waals surface area contributed by atoms with Crippen LogP contribution in [0.5, 0.6) is 0 Å². The van der Waals surface area contributed by atoms with Crippen LogP contribution in [-0.4, -0.2) is 5.91 Å². The Kier molecular flexibility index (Phi) is 5.20. The quantitative estimate of drug-likeness (QED) is 0.792. The zero-order chi connectivity index (χ0) is 9.84. The third-order valence-electron chi connectivity index (χ3n) is 1.76. The first-order valence-electron chi connectivity index (χ1n) is 4.22. The van der Waals surface area contributed by atoms with Crippen molar-refractivity contribution in [2.75, 3.05) is 5.32 Å². The van der Waals surface area contributed by atoms with Crippen molar-refractivity contribution in [3.8, 4) is 0 Å². The summed E-state index contributed by atoms with van der Waals surface area (Å²) >= 11 is 0. The summed E-state index contributed by atoms with van der Waals surface area (Å²) in [6.45, 7) is 3.41. The fourth-order valence-electron chi connectivity index (χ4n) is 1.07. The molecule has 1 atom stereocenters. The molecule has 0 aliphatic heterocycles. The number of nitrogens with two attached hydrogens (primary N) is 1. The molecule has 0 spiro atoms. The van der Waals surface area contributed by atoms with Crippen molar-refractivity contribution in [3.05, 3.63) is 29.8 Å². The number of carbonyl (C=O) groups excluding carboxylic acids is 1. The first-order valence-corrected chi connectivity index (χ1v) is 4.22. The average Bonchev–Trinajstić information content (AvgIpc) is 2.04. The van der Waals surface area contributed by atoms with Gasteiger partial charge < -0.3 is 11.1 Å². The second-order valence-electron chi connectivity index (χ2n) is 3.09. The van der Waals surface area contributed by atoms with Crippen LogP contribution >= 0.6 is 12.4 Å². The minimum Gasteiger partial charge on any atom is -0.326 e. The molecule has 1 rings (SSSR count). The highest BCUT2D eigenvalue weighted by atomic mass is 35.5. The fraction of sp³-hybridized carbons (Fsp3) is 0.300. The third kappa shape index (κ3) is 3.77. The van der Waals surface area contributed by atoms with Crippen molar-refractivity contribution >= 4 is 24.0 Å². The van der Waals surface area contributed by atoms with E-state index in [4.69, 9.17) is 5.73 Å². The van der Waals surface area contributed by atoms with Gasteiger partial charge in [0.1, 0.15) is 0 Å². The maximum atomic E-state index is 10.7. The monoisotopic (exact) mass is 214 g/mol. The maximum Gasteiger partial charge on any atom is 0.221 e. The lowest BCUT2D eigenvalue weighted by atomic mass is 10.1. The number of anilines is 1. The fourth-order valence-corrected chi connectivity index (χ4v) is 1.07. The number of hydrogen-bond donors (Lipinski definition) is 2. The minimum absolute atomic E-state index is 0. The molecule has 1 aromatic rings. The Morgan fingerprint density at radius 1 is 1.36 bits per heavy atom. The summed E-state index contributed by atoms with van der Waals surface area (Å²) in [5, 5.41) is 2.69. The molecule has 0 saturated heterocycles. The molecule has 0 aliphatic carbocycles. The van der Waals surface area contributed by atoms with E-state index >= 15 is 0 Å². The molecule has 0 radical (unpaired) electrons. The molecule has 0 saturated carbocycles. The number of hydrogen-bond acceptors (Lipinski definition) is 2. The second kappa shape index (κ2) is 5.62. The topological polar surface area (TPSA) is 55.1 Å². The zero-order valence-electron chi connectivity index (χ0n) is 8.28. The molecule has 78 valence electrons. The number of benzene rings is 1. The van der Waals surface area contributed by atoms with Gasteiger partial charge in [-0.25, -0.2) is 0 Å². The van der Waals surface area contributed by atoms with Crippen LogP contribution in [0.25, 0.3) is 0 Å². The maximum absolute atomic E-state index is 10.7. The smallest absolute Gasteiger partial charge is 0.221 e. The van der Waals surface area contributed by atoms with Crippen LogP contribution < -0.4 is 11.1 Å². The van der Waals surface area contributed by atoms with Gasteiger partial charge in [-0.05, 0) is 24.6 Å². The van der Waals surface area contributed by atoms with E-state index in [-0.39, 0.29) is 24.4 Å². The largest absolute Gasteiger partial charge is 0.326 e. The summed E-state index contributed by atoms with van der Waals surface area (Å²) in [5.41, 5.74) is 7.54. The van der Waals surface area contributed by atoms with E-state index < -0.39 is 0 Å². The van der Waals surface area contributed by atoms with Crippen LogP contribution in [0.15, 0.2) is 24.3 Å². The second-order valence-corrected chi connectivity index (χ2v) is 3.09. The summed E-state index contributed by atoms with van der Waals surface area (Å²) in [7, 11) is 0. The highest BCUT2D eigenvalue weighted by Crippen LogP contribution is 2.13. The van der Waals surface area contributed by atoms with Crippen LogP contribution in [0.2, 0.25) is 0 Å². The van der Waals surface area contributed by atoms with Gasteiger partial charge >= 0.3 is 0 Å². The zero-order valence-corrected chi connectivity index (χ0v) is 9.10. The predicted molar refractivity (Wildman–Crippen MR) is 60.6 cm³/mol. The van der Waals surface area contributed by atoms with Gasteiger partial charge in [0.05, 0.1) is 0 Å². The Labute approximate surface area is 90.1 Å². The number of halogens is 1. The molecule has 0 aromatic heterocycles. The lowest BCUT2D eigenvalue weighted by molar-refractivity contribution is -0.114. The summed E-state index contributed by atoms with van der Waals surface area (Å²) in [4.78, 5) is 10.7. The van der Waals surface area contributed by atoms with Gasteiger partial charge in [-0.1, -0.05) is 12.1 Å². The van der Waals surface area contributed by atoms with Gasteiger partial charge in [-0.3, -0.25) is 4.79 Å². The minimum atomic E-state index is -0.0615. The van der Waals surface area contributed by atoms with E-state index in [1.165, 1.54) is 6.92 Å². The van der Waals surface area contributed by atoms with Gasteiger partial charge in [0, 0.05) is 18.7 Å². The van der Waals surface area contributed by atoms with Gasteiger partial charge in [0.15, 0.2) is 0 Å². The van der Waals surface area contributed by atoms with Gasteiger partial charge in [-0.15, -0.1) is 12.4 Å². The standard InChI is InChI=1S/C10H14N2O.ClH/c1-7(11)9-3-5-10(6-4-9)12-8(2)13;/h3-7H,11H2,1-2H3,(H,12,13);1H/t7-;/m1./s1. The molecule has 0 aliphatic rings. The Hall–Kier alpha value is -1.06. The SMILES string of the molecule is CC(=O)Nc1ccc([C@@H](C)N)cc1.Cl. The van der Waals surface area contributed by atoms with E-state index in [1.54, 1.807) is 0 Å². The molecular weight excluding hydrogens is 200 g/mol. The molecule has 0 bridgehead atoms. The van der Waals surface area contributed by atoms with Crippen molar-refractivity contribution in [2.24, 2.45) is 5.73 Å². The molecular formula is C10H15ClN2O. The van der Waals surface area contributed by atoms with Gasteiger partial charge in [0.25, 0.3) is 0 Å². The first-order chi connectivity index (χ1) is 6.09. The van der Waals surface area contributed by atoms with Crippen molar-refractivity contribution in [3.63, 3.8) is 0 Å². The van der Waals surface area contributed by atoms with Crippen LogP contribution in [-0.2, 0) is 4.79 Å². The molecule has 14 heavy (non-hydrogen) atoms. The van der Waals surface area contributed by atoms with Crippen molar-refractivity contribution in [1.29, 1.82) is 0 Å². The lowest BCUT2D eigenvalue weighted by Crippen LogP contribution is -2.07. The van der Waals surface area contributed by atoms with Gasteiger partial charge in [0.2, 0.25) is 5.91 Å². The Bertz CT molecular complexity index is 295. The number of amides is 1. The van der Waals surface area contributed by atoms with E-state index in [9.17, 15) is 4.79 Å². The molecule has 0 heterocycles. The number of rotatable bonds is 2. The number of carbonyl (C=O) groups is 1. The van der Waals surface area contributed by atoms with E-state index in [0.717, 1.165) is 11.3 Å². The van der Waals surface area contributed by atoms with E-state index in [0.29, 0.717) is 0 Å². The normalized spacial score (nSPS) is 11.4. The van der Waals surface area contributed by atoms with E-state index in [2.05, 4.69) is 5.32 Å². The Morgan fingerprint density at radius 3 is 2.21 bits per heavy atom. The molecule has 4 heteroatoms. The molecule has 3 N–H and O–H groups in total. The number of nitrogens with one attached hydrogen (secondary N) is 1. The molecule has 3 nitrogen and oxygen atoms in total. The molecule has 0 unspecified atom stereocenters. The van der Waals surface area contributed by atoms with Crippen molar-refractivity contribution in [2.45, 2.75) is 19.9 Å². The van der Waals surface area contributed by atoms with Gasteiger partial charge in [-0.2, -0.15) is 0 Å². The molecule has 1 aromatic carbocycles. The first kappa shape index (κ1) is 12.9. The Balaban J connectivity index is 0.00000169. The highest BCUT2D eigenvalue weighted by Gasteiger charge is 1.99. The van der Waals surface area contributed by atoms with Crippen LogP contribution in [0.3, 0.4) is 0 Å². The summed E-state index contributed by atoms with van der Waals surface area (Å²) in [6.07, 6.45) is 0. The van der Waals surface area contributed by atoms with Crippen molar-refractivity contribution in [1.82, 2.24) is 0 Å². The average molecular weight is 215 g/mol. The summed E-state index contributed by atoms with van der Waals surface area (Å²) in [6, 6.07) is 7.55. The molecule has 0 fully saturated rings. The lowest BCUT2D eigenvalue weighted by Gasteiger charge is -2.06. The van der Waals surface area contributed by atoms with E-state index in [1.807, 2.05) is 31.2 Å². The van der Waals surface area contributed by atoms with Crippen LogP contribution in [0, 0.1) is 0 Å². The highest BCUT2D eigenvalue weighted by molar-refractivity contribution is 5.88. The van der Waals surface area contributed by atoms with Crippen LogP contribution in [0.4, 0.5) is 5.69 Å². The van der Waals surface area contributed by atoms with Crippen LogP contribution in [0.1, 0.15) is 25.5 Å². The molecule has 1 amide bonds. The predicted octanol–water partition coefficient (Wildman–Crippen LogP) is 2.09. The van der Waals surface area contributed by atoms with Crippen molar-refractivity contribution < 1.29 is 4.79 Å².